The van der Waals surface area contributed by atoms with Crippen LogP contribution in [0.25, 0.3) is 11.1 Å². The Morgan fingerprint density at radius 2 is 1.75 bits per heavy atom. The Morgan fingerprint density at radius 3 is 2.33 bits per heavy atom. The van der Waals surface area contributed by atoms with Gasteiger partial charge in [0.1, 0.15) is 11.6 Å². The van der Waals surface area contributed by atoms with Crippen LogP contribution in [0.1, 0.15) is 19.8 Å². The third kappa shape index (κ3) is 3.96. The zero-order valence-electron chi connectivity index (χ0n) is 13.5. The highest BCUT2D eigenvalue weighted by molar-refractivity contribution is 8.00. The lowest BCUT2D eigenvalue weighted by molar-refractivity contribution is -0.129. The number of amides is 1. The SMILES string of the molecule is CC(=O)N1CCC(Sc2ccc(-c3ccc(F)cc3F)cc2)CC1. The molecule has 1 heterocycles. The van der Waals surface area contributed by atoms with Crippen molar-refractivity contribution in [3.05, 3.63) is 54.1 Å². The number of hydrogen-bond acceptors (Lipinski definition) is 2. The second-order valence-electron chi connectivity index (χ2n) is 5.97. The van der Waals surface area contributed by atoms with Gasteiger partial charge in [-0.25, -0.2) is 8.78 Å². The highest BCUT2D eigenvalue weighted by Crippen LogP contribution is 2.32. The Balaban J connectivity index is 1.64. The number of carbonyl (C=O) groups is 1. The fourth-order valence-electron chi connectivity index (χ4n) is 2.92. The molecule has 1 fully saturated rings. The standard InChI is InChI=1S/C19H19F2NOS/c1-13(23)22-10-8-17(9-11-22)24-16-5-2-14(3-6-16)18-7-4-15(20)12-19(18)21/h2-7,12,17H,8-11H2,1H3. The van der Waals surface area contributed by atoms with Gasteiger partial charge in [0.05, 0.1) is 0 Å². The van der Waals surface area contributed by atoms with Crippen LogP contribution in [0.3, 0.4) is 0 Å². The van der Waals surface area contributed by atoms with Crippen molar-refractivity contribution in [2.45, 2.75) is 29.9 Å². The molecule has 1 amide bonds. The summed E-state index contributed by atoms with van der Waals surface area (Å²) in [6, 6.07) is 11.3. The van der Waals surface area contributed by atoms with Crippen LogP contribution in [0.15, 0.2) is 47.4 Å². The van der Waals surface area contributed by atoms with Crippen LogP contribution in [0.4, 0.5) is 8.78 Å². The fourth-order valence-corrected chi connectivity index (χ4v) is 4.04. The average Bonchev–Trinajstić information content (AvgIpc) is 2.56. The highest BCUT2D eigenvalue weighted by Gasteiger charge is 2.21. The van der Waals surface area contributed by atoms with Crippen molar-refractivity contribution < 1.29 is 13.6 Å². The van der Waals surface area contributed by atoms with Crippen molar-refractivity contribution in [1.82, 2.24) is 4.90 Å². The van der Waals surface area contributed by atoms with Gasteiger partial charge in [-0.1, -0.05) is 12.1 Å². The first-order valence-corrected chi connectivity index (χ1v) is 8.88. The molecule has 0 aromatic heterocycles. The van der Waals surface area contributed by atoms with Crippen molar-refractivity contribution in [3.8, 4) is 11.1 Å². The fraction of sp³-hybridized carbons (Fsp3) is 0.316. The van der Waals surface area contributed by atoms with Gasteiger partial charge >= 0.3 is 0 Å². The largest absolute Gasteiger partial charge is 0.343 e. The first-order valence-electron chi connectivity index (χ1n) is 8.00. The smallest absolute Gasteiger partial charge is 0.219 e. The number of rotatable bonds is 3. The molecule has 0 N–H and O–H groups in total. The number of thioether (sulfide) groups is 1. The average molecular weight is 347 g/mol. The number of piperidine rings is 1. The van der Waals surface area contributed by atoms with Gasteiger partial charge in [0, 0.05) is 41.8 Å². The Labute approximate surface area is 144 Å². The van der Waals surface area contributed by atoms with E-state index in [-0.39, 0.29) is 5.91 Å². The maximum atomic E-state index is 13.8. The molecular weight excluding hydrogens is 328 g/mol. The minimum atomic E-state index is -0.569. The van der Waals surface area contributed by atoms with Gasteiger partial charge in [-0.15, -0.1) is 11.8 Å². The van der Waals surface area contributed by atoms with Gasteiger partial charge in [-0.2, -0.15) is 0 Å². The monoisotopic (exact) mass is 347 g/mol. The minimum Gasteiger partial charge on any atom is -0.343 e. The van der Waals surface area contributed by atoms with E-state index in [1.54, 1.807) is 18.7 Å². The predicted molar refractivity (Wildman–Crippen MR) is 92.9 cm³/mol. The normalized spacial score (nSPS) is 15.5. The maximum absolute atomic E-state index is 13.8. The van der Waals surface area contributed by atoms with Crippen LogP contribution in [-0.4, -0.2) is 29.1 Å². The van der Waals surface area contributed by atoms with E-state index >= 15 is 0 Å². The number of hydrogen-bond donors (Lipinski definition) is 0. The van der Waals surface area contributed by atoms with Crippen LogP contribution in [0.5, 0.6) is 0 Å². The van der Waals surface area contributed by atoms with Crippen LogP contribution >= 0.6 is 11.8 Å². The summed E-state index contributed by atoms with van der Waals surface area (Å²) in [5.74, 6) is -0.975. The molecule has 0 atom stereocenters. The molecule has 1 saturated heterocycles. The van der Waals surface area contributed by atoms with Gasteiger partial charge in [0.2, 0.25) is 5.91 Å². The van der Waals surface area contributed by atoms with Crippen molar-refractivity contribution in [2.24, 2.45) is 0 Å². The Bertz CT molecular complexity index is 725. The van der Waals surface area contributed by atoms with E-state index in [1.807, 2.05) is 29.2 Å². The van der Waals surface area contributed by atoms with E-state index < -0.39 is 11.6 Å². The van der Waals surface area contributed by atoms with E-state index in [0.717, 1.165) is 42.5 Å². The summed E-state index contributed by atoms with van der Waals surface area (Å²) in [6.45, 7) is 3.23. The summed E-state index contributed by atoms with van der Waals surface area (Å²) < 4.78 is 26.8. The van der Waals surface area contributed by atoms with Gasteiger partial charge in [0.25, 0.3) is 0 Å². The summed E-state index contributed by atoms with van der Waals surface area (Å²) in [7, 11) is 0. The zero-order valence-corrected chi connectivity index (χ0v) is 14.3. The van der Waals surface area contributed by atoms with E-state index in [0.29, 0.717) is 10.8 Å². The molecule has 0 unspecified atom stereocenters. The number of likely N-dealkylation sites (tertiary alicyclic amines) is 1. The molecule has 2 aromatic carbocycles. The Kier molecular flexibility index (Phi) is 5.19. The molecule has 1 aliphatic heterocycles. The van der Waals surface area contributed by atoms with Gasteiger partial charge in [-0.05, 0) is 42.7 Å². The van der Waals surface area contributed by atoms with E-state index in [1.165, 1.54) is 12.1 Å². The summed E-state index contributed by atoms with van der Waals surface area (Å²) >= 11 is 1.80. The second-order valence-corrected chi connectivity index (χ2v) is 7.35. The topological polar surface area (TPSA) is 20.3 Å². The van der Waals surface area contributed by atoms with Crippen molar-refractivity contribution in [1.29, 1.82) is 0 Å². The first-order chi connectivity index (χ1) is 11.5. The first kappa shape index (κ1) is 17.0. The van der Waals surface area contributed by atoms with Crippen LogP contribution in [0, 0.1) is 11.6 Å². The van der Waals surface area contributed by atoms with E-state index in [9.17, 15) is 13.6 Å². The van der Waals surface area contributed by atoms with Gasteiger partial charge in [-0.3, -0.25) is 4.79 Å². The van der Waals surface area contributed by atoms with Gasteiger partial charge in [0.15, 0.2) is 0 Å². The summed E-state index contributed by atoms with van der Waals surface area (Å²) in [5.41, 5.74) is 1.14. The summed E-state index contributed by atoms with van der Waals surface area (Å²) in [5, 5.41) is 0.494. The molecular formula is C19H19F2NOS. The molecule has 0 aliphatic carbocycles. The third-order valence-corrected chi connectivity index (χ3v) is 5.64. The van der Waals surface area contributed by atoms with Crippen LogP contribution in [-0.2, 0) is 4.79 Å². The van der Waals surface area contributed by atoms with Crippen molar-refractivity contribution in [3.63, 3.8) is 0 Å². The van der Waals surface area contributed by atoms with Crippen LogP contribution in [0.2, 0.25) is 0 Å². The lowest BCUT2D eigenvalue weighted by atomic mass is 10.1. The molecule has 0 spiro atoms. The zero-order chi connectivity index (χ0) is 17.1. The molecule has 126 valence electrons. The van der Waals surface area contributed by atoms with Crippen LogP contribution < -0.4 is 0 Å². The minimum absolute atomic E-state index is 0.143. The molecule has 0 radical (unpaired) electrons. The number of nitrogens with zero attached hydrogens (tertiary/aromatic N) is 1. The highest BCUT2D eigenvalue weighted by atomic mass is 32.2. The number of benzene rings is 2. The van der Waals surface area contributed by atoms with Crippen molar-refractivity contribution >= 4 is 17.7 Å². The summed E-state index contributed by atoms with van der Waals surface area (Å²) in [6.07, 6.45) is 1.97. The molecule has 24 heavy (non-hydrogen) atoms. The maximum Gasteiger partial charge on any atom is 0.219 e. The molecule has 2 aromatic rings. The second kappa shape index (κ2) is 7.34. The molecule has 1 aliphatic rings. The van der Waals surface area contributed by atoms with Crippen molar-refractivity contribution in [2.75, 3.05) is 13.1 Å². The Hall–Kier alpha value is -1.88. The van der Waals surface area contributed by atoms with E-state index in [2.05, 4.69) is 0 Å². The lowest BCUT2D eigenvalue weighted by Gasteiger charge is -2.30. The molecule has 5 heteroatoms. The molecule has 0 bridgehead atoms. The molecule has 3 rings (SSSR count). The molecule has 0 saturated carbocycles. The lowest BCUT2D eigenvalue weighted by Crippen LogP contribution is -2.37. The Morgan fingerprint density at radius 1 is 1.08 bits per heavy atom. The van der Waals surface area contributed by atoms with Gasteiger partial charge < -0.3 is 4.90 Å². The van der Waals surface area contributed by atoms with E-state index in [4.69, 9.17) is 0 Å². The third-order valence-electron chi connectivity index (χ3n) is 4.29. The number of halogens is 2. The summed E-state index contributed by atoms with van der Waals surface area (Å²) in [4.78, 5) is 14.4. The quantitative estimate of drug-likeness (QED) is 0.800. The predicted octanol–water partition coefficient (Wildman–Crippen LogP) is 4.73. The molecule has 2 nitrogen and oxygen atoms in total. The number of carbonyl (C=O) groups excluding carboxylic acids is 1.